The number of allylic oxidation sites excluding steroid dienone is 2. The first-order valence-corrected chi connectivity index (χ1v) is 8.37. The molecule has 0 aliphatic rings. The smallest absolute Gasteiger partial charge is 0.741 e. The summed E-state index contributed by atoms with van der Waals surface area (Å²) >= 11 is 1.67. The van der Waals surface area contributed by atoms with Crippen molar-refractivity contribution in [3.8, 4) is 0 Å². The molecule has 0 aromatic rings. The van der Waals surface area contributed by atoms with E-state index in [0.717, 1.165) is 0 Å². The van der Waals surface area contributed by atoms with Gasteiger partial charge in [0, 0.05) is 0 Å². The van der Waals surface area contributed by atoms with Crippen LogP contribution in [0.4, 0.5) is 26.3 Å². The SMILES string of the molecule is C=C/C=C\SC.N.N.N.N.N.O=S(=O)([O-])C(F)(F)F.O=S(=O)([O-])C(F)(F)F.[Os+2]. The summed E-state index contributed by atoms with van der Waals surface area (Å²) in [6.45, 7) is 3.50. The summed E-state index contributed by atoms with van der Waals surface area (Å²) in [4.78, 5) is 0. The molecule has 0 atom stereocenters. The van der Waals surface area contributed by atoms with E-state index in [1.807, 2.05) is 17.7 Å². The quantitative estimate of drug-likeness (QED) is 0.122. The van der Waals surface area contributed by atoms with Gasteiger partial charge in [0.05, 0.1) is 0 Å². The van der Waals surface area contributed by atoms with Gasteiger partial charge in [0.1, 0.15) is 0 Å². The standard InChI is InChI=1S/C5H8S.2CHF3O3S.5H3N.Os/c1-3-4-5-6-2;2*2-1(3,4)8(5,6)7;;;;;;/h3-5H,1H2,2H3;2*(H,5,6,7);5*1H3;/q;;;;;;;;+2/p-2/b5-4-;;;;;;;;. The van der Waals surface area contributed by atoms with Crippen LogP contribution in [-0.2, 0) is 40.0 Å². The average Bonchev–Trinajstić information content (AvgIpc) is 2.22. The third kappa shape index (κ3) is 36.6. The van der Waals surface area contributed by atoms with Crippen LogP contribution in [0.2, 0.25) is 0 Å². The van der Waals surface area contributed by atoms with Crippen molar-refractivity contribution < 1.29 is 72.1 Å². The number of hydrogen-bond acceptors (Lipinski definition) is 12. The Labute approximate surface area is 176 Å². The van der Waals surface area contributed by atoms with Crippen LogP contribution < -0.4 is 30.8 Å². The number of rotatable bonds is 2. The van der Waals surface area contributed by atoms with E-state index in [-0.39, 0.29) is 50.5 Å². The normalized spacial score (nSPS) is 10.0. The minimum absolute atomic E-state index is 0. The van der Waals surface area contributed by atoms with Crippen molar-refractivity contribution in [3.05, 3.63) is 24.1 Å². The first-order chi connectivity index (χ1) is 9.41. The second-order valence-corrected chi connectivity index (χ2v) is 6.09. The topological polar surface area (TPSA) is 289 Å². The largest absolute Gasteiger partial charge is 2.00 e. The van der Waals surface area contributed by atoms with E-state index >= 15 is 0 Å². The molecule has 180 valence electrons. The molecule has 11 nitrogen and oxygen atoms in total. The van der Waals surface area contributed by atoms with Gasteiger partial charge in [-0.2, -0.15) is 26.3 Å². The zero-order valence-electron chi connectivity index (χ0n) is 14.3. The number of hydrogen-bond donors (Lipinski definition) is 5. The molecule has 0 saturated heterocycles. The van der Waals surface area contributed by atoms with E-state index < -0.39 is 31.3 Å². The minimum atomic E-state index is -6.09. The van der Waals surface area contributed by atoms with Gasteiger partial charge in [-0.15, -0.1) is 11.8 Å². The van der Waals surface area contributed by atoms with Crippen LogP contribution in [0.25, 0.3) is 0 Å². The molecule has 0 amide bonds. The molecule has 0 fully saturated rings. The van der Waals surface area contributed by atoms with Crippen LogP contribution in [0.3, 0.4) is 0 Å². The molecule has 0 unspecified atom stereocenters. The molecule has 15 N–H and O–H groups in total. The molecule has 0 rings (SSSR count). The fourth-order valence-corrected chi connectivity index (χ4v) is 0.402. The van der Waals surface area contributed by atoms with E-state index in [1.165, 1.54) is 0 Å². The Balaban J connectivity index is -0.0000000252. The molecule has 0 aromatic heterocycles. The fraction of sp³-hybridized carbons (Fsp3) is 0.429. The Morgan fingerprint density at radius 1 is 0.786 bits per heavy atom. The van der Waals surface area contributed by atoms with E-state index in [2.05, 4.69) is 6.58 Å². The van der Waals surface area contributed by atoms with Crippen molar-refractivity contribution in [1.29, 1.82) is 0 Å². The molecule has 28 heavy (non-hydrogen) atoms. The van der Waals surface area contributed by atoms with Crippen LogP contribution in [0.1, 0.15) is 0 Å². The summed E-state index contributed by atoms with van der Waals surface area (Å²) in [6.07, 6.45) is 5.68. The second kappa shape index (κ2) is 23.0. The maximum atomic E-state index is 10.7. The van der Waals surface area contributed by atoms with E-state index in [1.54, 1.807) is 17.8 Å². The first-order valence-electron chi connectivity index (χ1n) is 4.26. The third-order valence-electron chi connectivity index (χ3n) is 0.918. The number of alkyl halides is 6. The van der Waals surface area contributed by atoms with Gasteiger partial charge in [-0.1, -0.05) is 18.7 Å². The zero-order valence-corrected chi connectivity index (χ0v) is 19.3. The van der Waals surface area contributed by atoms with Crippen molar-refractivity contribution in [2.75, 3.05) is 6.26 Å². The summed E-state index contributed by atoms with van der Waals surface area (Å²) in [5.41, 5.74) is -11.3. The monoisotopic (exact) mass is 675 g/mol. The van der Waals surface area contributed by atoms with Crippen LogP contribution in [-0.4, -0.2) is 43.2 Å². The van der Waals surface area contributed by atoms with Crippen LogP contribution >= 0.6 is 11.8 Å². The van der Waals surface area contributed by atoms with Gasteiger partial charge in [-0.3, -0.25) is 0 Å². The van der Waals surface area contributed by atoms with Gasteiger partial charge in [-0.25, -0.2) is 16.8 Å². The van der Waals surface area contributed by atoms with Crippen molar-refractivity contribution in [1.82, 2.24) is 30.8 Å². The predicted molar refractivity (Wildman–Crippen MR) is 89.5 cm³/mol. The molecule has 0 bridgehead atoms. The summed E-state index contributed by atoms with van der Waals surface area (Å²) in [6, 6.07) is 0. The summed E-state index contributed by atoms with van der Waals surface area (Å²) in [5.74, 6) is 0. The van der Waals surface area contributed by atoms with Gasteiger partial charge in [0.15, 0.2) is 20.2 Å². The van der Waals surface area contributed by atoms with Crippen LogP contribution in [0, 0.1) is 0 Å². The molecular formula is C7H23F6N5O6OsS3. The van der Waals surface area contributed by atoms with E-state index in [0.29, 0.717) is 0 Å². The van der Waals surface area contributed by atoms with E-state index in [4.69, 9.17) is 25.9 Å². The van der Waals surface area contributed by atoms with Crippen LogP contribution in [0.5, 0.6) is 0 Å². The third-order valence-corrected chi connectivity index (χ3v) is 2.48. The van der Waals surface area contributed by atoms with Crippen molar-refractivity contribution in [2.24, 2.45) is 0 Å². The zero-order chi connectivity index (χ0) is 18.8. The molecule has 21 heteroatoms. The Morgan fingerprint density at radius 3 is 1.00 bits per heavy atom. The second-order valence-electron chi connectivity index (χ2n) is 2.60. The summed E-state index contributed by atoms with van der Waals surface area (Å²) in [7, 11) is -12.2. The molecule has 0 spiro atoms. The molecule has 0 heterocycles. The minimum Gasteiger partial charge on any atom is -0.741 e. The van der Waals surface area contributed by atoms with Gasteiger partial charge in [0.25, 0.3) is 0 Å². The van der Waals surface area contributed by atoms with Crippen molar-refractivity contribution >= 4 is 32.0 Å². The van der Waals surface area contributed by atoms with Crippen LogP contribution in [0.15, 0.2) is 24.1 Å². The first kappa shape index (κ1) is 56.5. The van der Waals surface area contributed by atoms with Crippen molar-refractivity contribution in [2.45, 2.75) is 11.0 Å². The van der Waals surface area contributed by atoms with E-state index in [9.17, 15) is 26.3 Å². The summed E-state index contributed by atoms with van der Waals surface area (Å²) in [5, 5.41) is 1.98. The number of halogens is 6. The van der Waals surface area contributed by atoms with Crippen molar-refractivity contribution in [3.63, 3.8) is 0 Å². The number of thioether (sulfide) groups is 1. The molecule has 0 aliphatic heterocycles. The Bertz CT molecular complexity index is 527. The Kier molecular flexibility index (Phi) is 46.3. The Hall–Kier alpha value is -0.334. The summed E-state index contributed by atoms with van der Waals surface area (Å²) < 4.78 is 118. The fourth-order valence-electron chi connectivity index (χ4n) is 0.134. The Morgan fingerprint density at radius 2 is 0.964 bits per heavy atom. The molecule has 0 radical (unpaired) electrons. The van der Waals surface area contributed by atoms with Gasteiger partial charge in [-0.05, 0) is 11.7 Å². The maximum absolute atomic E-state index is 10.7. The van der Waals surface area contributed by atoms with Gasteiger partial charge in [0.2, 0.25) is 0 Å². The molecular weight excluding hydrogens is 651 g/mol. The molecule has 0 saturated carbocycles. The molecule has 0 aromatic carbocycles. The average molecular weight is 674 g/mol. The van der Waals surface area contributed by atoms with Gasteiger partial charge < -0.3 is 39.9 Å². The molecule has 0 aliphatic carbocycles. The predicted octanol–water partition coefficient (Wildman–Crippen LogP) is 2.96. The van der Waals surface area contributed by atoms with Gasteiger partial charge >= 0.3 is 30.8 Å². The maximum Gasteiger partial charge on any atom is 2.00 e.